The summed E-state index contributed by atoms with van der Waals surface area (Å²) in [5.41, 5.74) is 0.174. The van der Waals surface area contributed by atoms with Crippen molar-refractivity contribution < 1.29 is 0 Å². The molecule has 0 atom stereocenters. The number of hydrogen-bond donors (Lipinski definition) is 0. The predicted octanol–water partition coefficient (Wildman–Crippen LogP) is 3.06. The zero-order valence-electron chi connectivity index (χ0n) is 8.84. The monoisotopic (exact) mass is 200 g/mol. The Morgan fingerprint density at radius 1 is 0.667 bits per heavy atom. The standard InChI is InChI=1S/C13H16N2/c1-2-8-13(7-1,14-9-3-4-10-14)15-11-5-6-12-15/h3-6,9-12H,1-2,7-8H2. The van der Waals surface area contributed by atoms with Crippen molar-refractivity contribution >= 4 is 0 Å². The highest BCUT2D eigenvalue weighted by Gasteiger charge is 2.35. The first-order valence-corrected chi connectivity index (χ1v) is 5.69. The molecule has 0 bridgehead atoms. The Hall–Kier alpha value is -1.44. The van der Waals surface area contributed by atoms with Crippen LogP contribution >= 0.6 is 0 Å². The van der Waals surface area contributed by atoms with Gasteiger partial charge in [0, 0.05) is 24.8 Å². The lowest BCUT2D eigenvalue weighted by Gasteiger charge is -2.33. The van der Waals surface area contributed by atoms with E-state index in [0.717, 1.165) is 0 Å². The molecule has 0 spiro atoms. The van der Waals surface area contributed by atoms with Gasteiger partial charge in [-0.05, 0) is 49.9 Å². The molecule has 2 aromatic heterocycles. The van der Waals surface area contributed by atoms with Crippen molar-refractivity contribution in [2.75, 3.05) is 0 Å². The molecule has 1 aliphatic rings. The molecule has 2 aromatic rings. The summed E-state index contributed by atoms with van der Waals surface area (Å²) in [5.74, 6) is 0. The fraction of sp³-hybridized carbons (Fsp3) is 0.385. The molecule has 2 heterocycles. The molecule has 0 unspecified atom stereocenters. The second-order valence-corrected chi connectivity index (χ2v) is 4.37. The third-order valence-electron chi connectivity index (χ3n) is 3.57. The van der Waals surface area contributed by atoms with Gasteiger partial charge in [0.2, 0.25) is 0 Å². The molecule has 0 amide bonds. The minimum atomic E-state index is 0.174. The summed E-state index contributed by atoms with van der Waals surface area (Å²) in [7, 11) is 0. The van der Waals surface area contributed by atoms with E-state index >= 15 is 0 Å². The number of rotatable bonds is 2. The van der Waals surface area contributed by atoms with Crippen LogP contribution in [0, 0.1) is 0 Å². The van der Waals surface area contributed by atoms with Gasteiger partial charge in [0.15, 0.2) is 0 Å². The summed E-state index contributed by atoms with van der Waals surface area (Å²) in [6.07, 6.45) is 13.9. The van der Waals surface area contributed by atoms with Crippen LogP contribution in [-0.4, -0.2) is 9.13 Å². The van der Waals surface area contributed by atoms with Crippen molar-refractivity contribution in [1.29, 1.82) is 0 Å². The molecule has 2 heteroatoms. The summed E-state index contributed by atoms with van der Waals surface area (Å²) < 4.78 is 4.72. The molecule has 0 radical (unpaired) electrons. The molecule has 1 aliphatic carbocycles. The predicted molar refractivity (Wildman–Crippen MR) is 60.7 cm³/mol. The van der Waals surface area contributed by atoms with Crippen molar-refractivity contribution in [2.45, 2.75) is 31.3 Å². The second kappa shape index (κ2) is 3.30. The Morgan fingerprint density at radius 2 is 1.07 bits per heavy atom. The largest absolute Gasteiger partial charge is 0.331 e. The Morgan fingerprint density at radius 3 is 1.47 bits per heavy atom. The van der Waals surface area contributed by atoms with Gasteiger partial charge in [-0.15, -0.1) is 0 Å². The van der Waals surface area contributed by atoms with E-state index in [9.17, 15) is 0 Å². The second-order valence-electron chi connectivity index (χ2n) is 4.37. The first-order chi connectivity index (χ1) is 7.42. The smallest absolute Gasteiger partial charge is 0.120 e. The van der Waals surface area contributed by atoms with Gasteiger partial charge in [-0.25, -0.2) is 0 Å². The van der Waals surface area contributed by atoms with Crippen LogP contribution in [-0.2, 0) is 5.66 Å². The molecule has 1 fully saturated rings. The Kier molecular flexibility index (Phi) is 1.94. The van der Waals surface area contributed by atoms with Crippen molar-refractivity contribution in [1.82, 2.24) is 9.13 Å². The van der Waals surface area contributed by atoms with E-state index in [2.05, 4.69) is 58.2 Å². The third-order valence-corrected chi connectivity index (χ3v) is 3.57. The van der Waals surface area contributed by atoms with E-state index in [0.29, 0.717) is 0 Å². The number of hydrogen-bond acceptors (Lipinski definition) is 0. The lowest BCUT2D eigenvalue weighted by atomic mass is 10.1. The molecular formula is C13H16N2. The van der Waals surface area contributed by atoms with Gasteiger partial charge in [-0.2, -0.15) is 0 Å². The van der Waals surface area contributed by atoms with Crippen molar-refractivity contribution in [2.24, 2.45) is 0 Å². The highest BCUT2D eigenvalue weighted by atomic mass is 15.3. The van der Waals surface area contributed by atoms with Crippen LogP contribution < -0.4 is 0 Å². The minimum Gasteiger partial charge on any atom is -0.331 e. The molecule has 0 aliphatic heterocycles. The average Bonchev–Trinajstić information content (AvgIpc) is 3.02. The first-order valence-electron chi connectivity index (χ1n) is 5.69. The maximum atomic E-state index is 2.36. The minimum absolute atomic E-state index is 0.174. The van der Waals surface area contributed by atoms with E-state index in [1.54, 1.807) is 0 Å². The first kappa shape index (κ1) is 8.84. The van der Waals surface area contributed by atoms with E-state index in [1.807, 2.05) is 0 Å². The number of aromatic nitrogens is 2. The fourth-order valence-corrected chi connectivity index (χ4v) is 2.81. The summed E-state index contributed by atoms with van der Waals surface area (Å²) >= 11 is 0. The molecule has 0 aromatic carbocycles. The van der Waals surface area contributed by atoms with E-state index < -0.39 is 0 Å². The lowest BCUT2D eigenvalue weighted by Crippen LogP contribution is -2.36. The summed E-state index contributed by atoms with van der Waals surface area (Å²) in [6, 6.07) is 8.46. The van der Waals surface area contributed by atoms with Gasteiger partial charge in [0.05, 0.1) is 0 Å². The van der Waals surface area contributed by atoms with Crippen LogP contribution in [0.3, 0.4) is 0 Å². The topological polar surface area (TPSA) is 9.86 Å². The van der Waals surface area contributed by atoms with E-state index in [-0.39, 0.29) is 5.66 Å². The van der Waals surface area contributed by atoms with E-state index in [1.165, 1.54) is 25.7 Å². The quantitative estimate of drug-likeness (QED) is 0.705. The molecule has 15 heavy (non-hydrogen) atoms. The highest BCUT2D eigenvalue weighted by Crippen LogP contribution is 2.37. The molecule has 0 saturated heterocycles. The average molecular weight is 200 g/mol. The third kappa shape index (κ3) is 1.24. The van der Waals surface area contributed by atoms with Gasteiger partial charge >= 0.3 is 0 Å². The summed E-state index contributed by atoms with van der Waals surface area (Å²) in [5, 5.41) is 0. The van der Waals surface area contributed by atoms with Crippen LogP contribution in [0.4, 0.5) is 0 Å². The van der Waals surface area contributed by atoms with Crippen LogP contribution in [0.15, 0.2) is 49.1 Å². The Labute approximate surface area is 90.1 Å². The van der Waals surface area contributed by atoms with Gasteiger partial charge < -0.3 is 9.13 Å². The summed E-state index contributed by atoms with van der Waals surface area (Å²) in [4.78, 5) is 0. The van der Waals surface area contributed by atoms with Crippen molar-refractivity contribution in [3.05, 3.63) is 49.1 Å². The lowest BCUT2D eigenvalue weighted by molar-refractivity contribution is 0.237. The molecule has 2 nitrogen and oxygen atoms in total. The molecular weight excluding hydrogens is 184 g/mol. The molecule has 3 rings (SSSR count). The maximum Gasteiger partial charge on any atom is 0.120 e. The maximum absolute atomic E-state index is 2.36. The van der Waals surface area contributed by atoms with Gasteiger partial charge in [0.1, 0.15) is 5.66 Å². The zero-order valence-corrected chi connectivity index (χ0v) is 8.84. The summed E-state index contributed by atoms with van der Waals surface area (Å²) in [6.45, 7) is 0. The van der Waals surface area contributed by atoms with Crippen LogP contribution in [0.5, 0.6) is 0 Å². The highest BCUT2D eigenvalue weighted by molar-refractivity contribution is 5.06. The molecule has 1 saturated carbocycles. The molecule has 78 valence electrons. The van der Waals surface area contributed by atoms with Crippen LogP contribution in [0.25, 0.3) is 0 Å². The SMILES string of the molecule is c1ccn(C2(n3cccc3)CCCC2)c1. The molecule has 0 N–H and O–H groups in total. The normalized spacial score (nSPS) is 19.5. The van der Waals surface area contributed by atoms with Crippen molar-refractivity contribution in [3.8, 4) is 0 Å². The van der Waals surface area contributed by atoms with Gasteiger partial charge in [-0.3, -0.25) is 0 Å². The zero-order chi connectivity index (χ0) is 10.1. The Balaban J connectivity index is 2.10. The van der Waals surface area contributed by atoms with Crippen molar-refractivity contribution in [3.63, 3.8) is 0 Å². The number of nitrogens with zero attached hydrogens (tertiary/aromatic N) is 2. The van der Waals surface area contributed by atoms with Gasteiger partial charge in [0.25, 0.3) is 0 Å². The van der Waals surface area contributed by atoms with Crippen LogP contribution in [0.2, 0.25) is 0 Å². The fourth-order valence-electron chi connectivity index (χ4n) is 2.81. The van der Waals surface area contributed by atoms with Crippen LogP contribution in [0.1, 0.15) is 25.7 Å². The Bertz CT molecular complexity index is 369. The van der Waals surface area contributed by atoms with E-state index in [4.69, 9.17) is 0 Å². The van der Waals surface area contributed by atoms with Gasteiger partial charge in [-0.1, -0.05) is 0 Å².